The van der Waals surface area contributed by atoms with Gasteiger partial charge in [-0.25, -0.2) is 9.48 Å². The first-order chi connectivity index (χ1) is 10.1. The molecular formula is C13H19N5O3. The van der Waals surface area contributed by atoms with Gasteiger partial charge in [0, 0.05) is 32.7 Å². The van der Waals surface area contributed by atoms with Crippen LogP contribution in [0.5, 0.6) is 0 Å². The van der Waals surface area contributed by atoms with Gasteiger partial charge in [0.2, 0.25) is 5.91 Å². The number of piperazine rings is 1. The Kier molecular flexibility index (Phi) is 3.87. The fourth-order valence-electron chi connectivity index (χ4n) is 2.56. The van der Waals surface area contributed by atoms with Crippen molar-refractivity contribution in [3.63, 3.8) is 0 Å². The number of hydrogen-bond donors (Lipinski definition) is 1. The van der Waals surface area contributed by atoms with E-state index in [1.807, 2.05) is 4.90 Å². The molecule has 0 spiro atoms. The number of carboxylic acids is 1. The van der Waals surface area contributed by atoms with E-state index in [0.29, 0.717) is 0 Å². The van der Waals surface area contributed by atoms with Crippen molar-refractivity contribution in [1.82, 2.24) is 24.8 Å². The molecule has 1 saturated carbocycles. The Labute approximate surface area is 122 Å². The second-order valence-electron chi connectivity index (χ2n) is 5.73. The van der Waals surface area contributed by atoms with E-state index >= 15 is 0 Å². The molecule has 21 heavy (non-hydrogen) atoms. The first kappa shape index (κ1) is 14.0. The summed E-state index contributed by atoms with van der Waals surface area (Å²) in [7, 11) is 0. The van der Waals surface area contributed by atoms with Crippen molar-refractivity contribution in [1.29, 1.82) is 0 Å². The second kappa shape index (κ2) is 5.80. The number of carbonyl (C=O) groups excluding carboxylic acids is 1. The average Bonchev–Trinajstić information content (AvgIpc) is 3.15. The molecule has 0 aromatic carbocycles. The van der Waals surface area contributed by atoms with E-state index in [9.17, 15) is 9.59 Å². The maximum atomic E-state index is 12.2. The molecule has 8 heteroatoms. The third kappa shape index (κ3) is 3.57. The molecule has 2 aliphatic rings. The number of rotatable bonds is 5. The summed E-state index contributed by atoms with van der Waals surface area (Å²) in [4.78, 5) is 27.1. The smallest absolute Gasteiger partial charge is 0.358 e. The van der Waals surface area contributed by atoms with Gasteiger partial charge >= 0.3 is 5.97 Å². The van der Waals surface area contributed by atoms with Crippen LogP contribution in [0.1, 0.15) is 23.3 Å². The summed E-state index contributed by atoms with van der Waals surface area (Å²) in [5.41, 5.74) is -0.142. The number of carbonyl (C=O) groups is 2. The van der Waals surface area contributed by atoms with Gasteiger partial charge in [0.05, 0.1) is 6.20 Å². The van der Waals surface area contributed by atoms with E-state index in [1.165, 1.54) is 23.7 Å². The predicted molar refractivity (Wildman–Crippen MR) is 72.7 cm³/mol. The highest BCUT2D eigenvalue weighted by molar-refractivity contribution is 5.84. The number of hydrogen-bond acceptors (Lipinski definition) is 5. The van der Waals surface area contributed by atoms with Crippen LogP contribution in [0.15, 0.2) is 6.20 Å². The molecule has 1 aliphatic carbocycles. The van der Waals surface area contributed by atoms with E-state index in [-0.39, 0.29) is 18.1 Å². The normalized spacial score (nSPS) is 19.7. The van der Waals surface area contributed by atoms with Crippen LogP contribution in [-0.4, -0.2) is 74.5 Å². The van der Waals surface area contributed by atoms with Crippen LogP contribution in [0.25, 0.3) is 0 Å². The van der Waals surface area contributed by atoms with Crippen LogP contribution >= 0.6 is 0 Å². The Morgan fingerprint density at radius 3 is 2.52 bits per heavy atom. The molecule has 1 amide bonds. The van der Waals surface area contributed by atoms with Gasteiger partial charge in [0.1, 0.15) is 6.54 Å². The summed E-state index contributed by atoms with van der Waals surface area (Å²) < 4.78 is 1.28. The van der Waals surface area contributed by atoms with Crippen LogP contribution in [-0.2, 0) is 11.3 Å². The van der Waals surface area contributed by atoms with Crippen molar-refractivity contribution in [2.45, 2.75) is 19.4 Å². The highest BCUT2D eigenvalue weighted by atomic mass is 16.4. The quantitative estimate of drug-likeness (QED) is 0.789. The topological polar surface area (TPSA) is 91.6 Å². The largest absolute Gasteiger partial charge is 0.476 e. The summed E-state index contributed by atoms with van der Waals surface area (Å²) in [6.07, 6.45) is 3.97. The third-order valence-electron chi connectivity index (χ3n) is 3.99. The SMILES string of the molecule is O=C(O)c1cn(CC(=O)N2CCN(CC3CC3)CC2)nn1. The molecular weight excluding hydrogens is 274 g/mol. The first-order valence-electron chi connectivity index (χ1n) is 7.25. The van der Waals surface area contributed by atoms with Gasteiger partial charge in [0.25, 0.3) is 0 Å². The molecule has 2 heterocycles. The Bertz CT molecular complexity index is 532. The Balaban J connectivity index is 1.47. The highest BCUT2D eigenvalue weighted by Crippen LogP contribution is 2.29. The van der Waals surface area contributed by atoms with Crippen LogP contribution in [0.2, 0.25) is 0 Å². The number of amides is 1. The van der Waals surface area contributed by atoms with Gasteiger partial charge in [-0.3, -0.25) is 9.69 Å². The van der Waals surface area contributed by atoms with Gasteiger partial charge < -0.3 is 10.0 Å². The van der Waals surface area contributed by atoms with Crippen molar-refractivity contribution >= 4 is 11.9 Å². The van der Waals surface area contributed by atoms with Crippen LogP contribution in [0.4, 0.5) is 0 Å². The molecule has 1 aromatic rings. The minimum absolute atomic E-state index is 0.0390. The minimum atomic E-state index is -1.14. The van der Waals surface area contributed by atoms with Crippen LogP contribution in [0, 0.1) is 5.92 Å². The second-order valence-corrected chi connectivity index (χ2v) is 5.73. The zero-order valence-corrected chi connectivity index (χ0v) is 11.8. The van der Waals surface area contributed by atoms with Gasteiger partial charge in [-0.15, -0.1) is 5.10 Å². The lowest BCUT2D eigenvalue weighted by atomic mass is 10.2. The molecule has 0 radical (unpaired) electrons. The third-order valence-corrected chi connectivity index (χ3v) is 3.99. The molecule has 114 valence electrons. The molecule has 8 nitrogen and oxygen atoms in total. The first-order valence-corrected chi connectivity index (χ1v) is 7.25. The summed E-state index contributed by atoms with van der Waals surface area (Å²) in [6, 6.07) is 0. The number of carboxylic acid groups (broad SMARTS) is 1. The van der Waals surface area contributed by atoms with Crippen molar-refractivity contribution in [2.75, 3.05) is 32.7 Å². The molecule has 0 unspecified atom stereocenters. The minimum Gasteiger partial charge on any atom is -0.476 e. The Morgan fingerprint density at radius 1 is 1.24 bits per heavy atom. The lowest BCUT2D eigenvalue weighted by Crippen LogP contribution is -2.49. The standard InChI is InChI=1S/C13H19N5O3/c19-12(9-18-8-11(13(20)21)14-15-18)17-5-3-16(4-6-17)7-10-1-2-10/h8,10H,1-7,9H2,(H,20,21). The van der Waals surface area contributed by atoms with E-state index in [4.69, 9.17) is 5.11 Å². The number of aromatic nitrogens is 3. The van der Waals surface area contributed by atoms with Crippen molar-refractivity contribution < 1.29 is 14.7 Å². The van der Waals surface area contributed by atoms with Crippen molar-refractivity contribution in [3.8, 4) is 0 Å². The van der Waals surface area contributed by atoms with Crippen molar-refractivity contribution in [3.05, 3.63) is 11.9 Å². The maximum Gasteiger partial charge on any atom is 0.358 e. The average molecular weight is 293 g/mol. The van der Waals surface area contributed by atoms with Gasteiger partial charge in [-0.05, 0) is 18.8 Å². The zero-order chi connectivity index (χ0) is 14.8. The molecule has 1 aromatic heterocycles. The number of aromatic carboxylic acids is 1. The van der Waals surface area contributed by atoms with Crippen LogP contribution < -0.4 is 0 Å². The van der Waals surface area contributed by atoms with E-state index in [2.05, 4.69) is 15.2 Å². The van der Waals surface area contributed by atoms with E-state index in [0.717, 1.165) is 38.6 Å². The highest BCUT2D eigenvalue weighted by Gasteiger charge is 2.27. The molecule has 3 rings (SSSR count). The van der Waals surface area contributed by atoms with Gasteiger partial charge in [-0.2, -0.15) is 0 Å². The van der Waals surface area contributed by atoms with Gasteiger partial charge in [-0.1, -0.05) is 5.21 Å². The van der Waals surface area contributed by atoms with Crippen molar-refractivity contribution in [2.24, 2.45) is 5.92 Å². The lowest BCUT2D eigenvalue weighted by molar-refractivity contribution is -0.133. The zero-order valence-electron chi connectivity index (χ0n) is 11.8. The van der Waals surface area contributed by atoms with Crippen LogP contribution in [0.3, 0.4) is 0 Å². The summed E-state index contributed by atoms with van der Waals surface area (Å²) in [6.45, 7) is 4.49. The maximum absolute atomic E-state index is 12.2. The molecule has 1 aliphatic heterocycles. The summed E-state index contributed by atoms with van der Waals surface area (Å²) in [5.74, 6) is -0.304. The van der Waals surface area contributed by atoms with E-state index in [1.54, 1.807) is 0 Å². The summed E-state index contributed by atoms with van der Waals surface area (Å²) in [5, 5.41) is 15.9. The Morgan fingerprint density at radius 2 is 1.95 bits per heavy atom. The lowest BCUT2D eigenvalue weighted by Gasteiger charge is -2.34. The number of nitrogens with zero attached hydrogens (tertiary/aromatic N) is 5. The molecule has 1 saturated heterocycles. The van der Waals surface area contributed by atoms with Gasteiger partial charge in [0.15, 0.2) is 5.69 Å². The molecule has 0 atom stereocenters. The monoisotopic (exact) mass is 293 g/mol. The fourth-order valence-corrected chi connectivity index (χ4v) is 2.56. The molecule has 1 N–H and O–H groups in total. The summed E-state index contributed by atoms with van der Waals surface area (Å²) >= 11 is 0. The Hall–Kier alpha value is -1.96. The predicted octanol–water partition coefficient (Wildman–Crippen LogP) is -0.469. The molecule has 2 fully saturated rings. The fraction of sp³-hybridized carbons (Fsp3) is 0.692. The van der Waals surface area contributed by atoms with E-state index < -0.39 is 5.97 Å². The molecule has 0 bridgehead atoms.